The van der Waals surface area contributed by atoms with E-state index < -0.39 is 84.7 Å². The fraction of sp³-hybridized carbons (Fsp3) is 0.628. The minimum atomic E-state index is -1.55. The van der Waals surface area contributed by atoms with E-state index in [4.69, 9.17) is 5.11 Å². The second-order valence-corrected chi connectivity index (χ2v) is 17.4. The van der Waals surface area contributed by atoms with E-state index in [1.165, 1.54) is 0 Å². The van der Waals surface area contributed by atoms with Gasteiger partial charge in [0.15, 0.2) is 0 Å². The molecule has 386 valence electrons. The summed E-state index contributed by atoms with van der Waals surface area (Å²) in [4.78, 5) is 128. The molecule has 1 aliphatic rings. The largest absolute Gasteiger partial charge is 0.481 e. The highest BCUT2D eigenvalue weighted by Crippen LogP contribution is 2.16. The Kier molecular flexibility index (Phi) is 27.4. The van der Waals surface area contributed by atoms with Crippen LogP contribution < -0.4 is 16.0 Å². The number of rotatable bonds is 30. The number of unbranched alkanes of at least 4 members (excludes halogenated alkanes) is 2. The van der Waals surface area contributed by atoms with Crippen LogP contribution in [0.3, 0.4) is 0 Å². The summed E-state index contributed by atoms with van der Waals surface area (Å²) in [6, 6.07) is 2.05. The van der Waals surface area contributed by atoms with E-state index in [0.717, 1.165) is 10.0 Å². The highest BCUT2D eigenvalue weighted by Gasteiger charge is 2.29. The molecule has 0 bridgehead atoms. The Bertz CT molecular complexity index is 1860. The van der Waals surface area contributed by atoms with Crippen molar-refractivity contribution in [1.82, 2.24) is 40.4 Å². The molecule has 1 aromatic carbocycles. The molecule has 1 heterocycles. The van der Waals surface area contributed by atoms with Gasteiger partial charge in [0.05, 0.1) is 19.6 Å². The van der Waals surface area contributed by atoms with E-state index in [2.05, 4.69) is 31.9 Å². The van der Waals surface area contributed by atoms with Gasteiger partial charge in [-0.05, 0) is 62.6 Å². The van der Waals surface area contributed by atoms with Crippen LogP contribution in [0.5, 0.6) is 0 Å². The number of halogens is 1. The number of hydrogen-bond acceptors (Lipinski definition) is 14. The number of amides is 4. The predicted octanol–water partition coefficient (Wildman–Crippen LogP) is 0.0137. The van der Waals surface area contributed by atoms with Gasteiger partial charge in [0.25, 0.3) is 0 Å². The topological polar surface area (TPSA) is 365 Å². The lowest BCUT2D eigenvalue weighted by molar-refractivity contribution is -0.145. The molecule has 0 saturated carbocycles. The number of hydrogen-bond donors (Lipinski definition) is 10. The molecular formula is C43H65BrN8O17. The molecule has 2 rings (SSSR count). The zero-order valence-electron chi connectivity index (χ0n) is 38.3. The van der Waals surface area contributed by atoms with Crippen molar-refractivity contribution in [3.8, 4) is 0 Å². The zero-order valence-corrected chi connectivity index (χ0v) is 39.9. The maximum absolute atomic E-state index is 13.5. The van der Waals surface area contributed by atoms with Gasteiger partial charge in [-0.1, -0.05) is 28.1 Å². The van der Waals surface area contributed by atoms with Gasteiger partial charge in [0.2, 0.25) is 11.8 Å². The standard InChI is InChI=1S/C43H65BrN8O17/c44-30-9-7-29(8-10-30)25-52(16-4-2-5-31(40(63)64)46-43(69)47-32(41(65)66)11-14-36(55)56)35(54)6-1-3-15-45-34(53)13-12-33(42(67)68)51-23-21-49(27-38(59)60)19-17-48(26-37(57)58)18-20-50(22-24-51)28-39(61)62/h7-10,31-33H,1-6,11-28H2,(H,45,53)(H,55,56)(H,57,58)(H,59,60)(H,61,62)(H,63,64)(H,65,66)(H,67,68)(H2,46,47,69)/t31-,32-,33?/m0/s1. The van der Waals surface area contributed by atoms with Crippen LogP contribution in [0, 0.1) is 0 Å². The molecule has 26 heteroatoms. The van der Waals surface area contributed by atoms with Gasteiger partial charge in [0, 0.05) is 95.7 Å². The SMILES string of the molecule is O=C(O)CC[C@H](NC(=O)N[C@@H](CCCCN(Cc1ccc(Br)cc1)C(=O)CCCCNC(=O)CCC(C(=O)O)N1CCN(CC(=O)O)CCN(CC(=O)O)CCN(CC(=O)O)CC1)C(=O)O)C(=O)O. The summed E-state index contributed by atoms with van der Waals surface area (Å²) in [5.41, 5.74) is 0.823. The molecule has 0 radical (unpaired) electrons. The number of carbonyl (C=O) groups excluding carboxylic acids is 3. The van der Waals surface area contributed by atoms with Gasteiger partial charge in [0.1, 0.15) is 18.1 Å². The number of nitrogens with one attached hydrogen (secondary N) is 3. The van der Waals surface area contributed by atoms with E-state index >= 15 is 0 Å². The molecule has 10 N–H and O–H groups in total. The minimum Gasteiger partial charge on any atom is -0.481 e. The Balaban J connectivity index is 1.99. The van der Waals surface area contributed by atoms with Gasteiger partial charge < -0.3 is 56.6 Å². The van der Waals surface area contributed by atoms with Crippen molar-refractivity contribution in [3.63, 3.8) is 0 Å². The summed E-state index contributed by atoms with van der Waals surface area (Å²) in [6.45, 7) is 0.502. The summed E-state index contributed by atoms with van der Waals surface area (Å²) in [7, 11) is 0. The number of urea groups is 1. The normalized spacial score (nSPS) is 15.8. The van der Waals surface area contributed by atoms with Crippen molar-refractivity contribution in [1.29, 1.82) is 0 Å². The van der Waals surface area contributed by atoms with E-state index in [9.17, 15) is 78.6 Å². The second kappa shape index (κ2) is 32.0. The lowest BCUT2D eigenvalue weighted by atomic mass is 10.1. The van der Waals surface area contributed by atoms with E-state index in [1.54, 1.807) is 24.5 Å². The first-order valence-corrected chi connectivity index (χ1v) is 23.2. The van der Waals surface area contributed by atoms with Crippen LogP contribution in [-0.4, -0.2) is 223 Å². The van der Waals surface area contributed by atoms with E-state index in [-0.39, 0.29) is 130 Å². The Labute approximate surface area is 406 Å². The van der Waals surface area contributed by atoms with Gasteiger partial charge in [-0.15, -0.1) is 0 Å². The molecule has 0 aromatic heterocycles. The van der Waals surface area contributed by atoms with Crippen LogP contribution in [0.25, 0.3) is 0 Å². The van der Waals surface area contributed by atoms with Crippen LogP contribution in [0.1, 0.15) is 69.8 Å². The van der Waals surface area contributed by atoms with Gasteiger partial charge >= 0.3 is 47.8 Å². The molecule has 0 aliphatic carbocycles. The van der Waals surface area contributed by atoms with Crippen LogP contribution >= 0.6 is 15.9 Å². The highest BCUT2D eigenvalue weighted by molar-refractivity contribution is 9.10. The van der Waals surface area contributed by atoms with Crippen LogP contribution in [0.4, 0.5) is 4.79 Å². The molecule has 1 unspecified atom stereocenters. The molecule has 3 atom stereocenters. The lowest BCUT2D eigenvalue weighted by Gasteiger charge is -2.35. The molecule has 1 aromatic rings. The third-order valence-corrected chi connectivity index (χ3v) is 11.7. The van der Waals surface area contributed by atoms with E-state index in [1.807, 2.05) is 24.3 Å². The number of carboxylic acids is 7. The number of nitrogens with zero attached hydrogens (tertiary/aromatic N) is 5. The van der Waals surface area contributed by atoms with Gasteiger partial charge in [-0.25, -0.2) is 14.4 Å². The molecule has 4 amide bonds. The van der Waals surface area contributed by atoms with Gasteiger partial charge in [-0.3, -0.25) is 53.2 Å². The van der Waals surface area contributed by atoms with Crippen molar-refractivity contribution in [3.05, 3.63) is 34.3 Å². The predicted molar refractivity (Wildman–Crippen MR) is 246 cm³/mol. The first kappa shape index (κ1) is 59.2. The average Bonchev–Trinajstić information content (AvgIpc) is 3.25. The second-order valence-electron chi connectivity index (χ2n) is 16.5. The Morgan fingerprint density at radius 3 is 1.51 bits per heavy atom. The van der Waals surface area contributed by atoms with Crippen molar-refractivity contribution in [2.24, 2.45) is 0 Å². The van der Waals surface area contributed by atoms with Crippen LogP contribution in [0.15, 0.2) is 28.7 Å². The summed E-state index contributed by atoms with van der Waals surface area (Å²) < 4.78 is 0.828. The summed E-state index contributed by atoms with van der Waals surface area (Å²) >= 11 is 3.38. The smallest absolute Gasteiger partial charge is 0.326 e. The monoisotopic (exact) mass is 1040 g/mol. The molecule has 1 saturated heterocycles. The highest BCUT2D eigenvalue weighted by atomic mass is 79.9. The number of benzene rings is 1. The fourth-order valence-corrected chi connectivity index (χ4v) is 7.68. The van der Waals surface area contributed by atoms with Crippen LogP contribution in [-0.2, 0) is 49.7 Å². The Morgan fingerprint density at radius 2 is 1.04 bits per heavy atom. The summed E-state index contributed by atoms with van der Waals surface area (Å²) in [6.07, 6.45) is 0.141. The molecular weight excluding hydrogens is 980 g/mol. The van der Waals surface area contributed by atoms with Crippen molar-refractivity contribution in [2.45, 2.75) is 88.9 Å². The maximum Gasteiger partial charge on any atom is 0.326 e. The van der Waals surface area contributed by atoms with E-state index in [0.29, 0.717) is 19.3 Å². The summed E-state index contributed by atoms with van der Waals surface area (Å²) in [5, 5.41) is 73.6. The van der Waals surface area contributed by atoms with Crippen molar-refractivity contribution in [2.75, 3.05) is 85.1 Å². The molecule has 69 heavy (non-hydrogen) atoms. The molecule has 0 spiro atoms. The third kappa shape index (κ3) is 25.8. The number of carboxylic acid groups (broad SMARTS) is 7. The summed E-state index contributed by atoms with van der Waals surface area (Å²) in [5.74, 6) is -9.38. The maximum atomic E-state index is 13.5. The third-order valence-electron chi connectivity index (χ3n) is 11.1. The number of aliphatic carboxylic acids is 7. The van der Waals surface area contributed by atoms with Crippen molar-refractivity contribution < 1.29 is 83.7 Å². The fourth-order valence-electron chi connectivity index (χ4n) is 7.41. The van der Waals surface area contributed by atoms with Gasteiger partial charge in [-0.2, -0.15) is 0 Å². The van der Waals surface area contributed by atoms with Crippen LogP contribution in [0.2, 0.25) is 0 Å². The van der Waals surface area contributed by atoms with Crippen molar-refractivity contribution >= 4 is 75.6 Å². The molecule has 1 aliphatic heterocycles. The lowest BCUT2D eigenvalue weighted by Crippen LogP contribution is -2.52. The zero-order chi connectivity index (χ0) is 51.5. The first-order chi connectivity index (χ1) is 32.6. The molecule has 25 nitrogen and oxygen atoms in total. The Morgan fingerprint density at radius 1 is 0.551 bits per heavy atom. The quantitative estimate of drug-likeness (QED) is 0.0454. The molecule has 1 fully saturated rings. The average molecular weight is 1050 g/mol. The number of carbonyl (C=O) groups is 10. The first-order valence-electron chi connectivity index (χ1n) is 22.5. The minimum absolute atomic E-state index is 0.0613. The Hall–Kier alpha value is -5.96.